The molecule has 1 saturated heterocycles. The highest BCUT2D eigenvalue weighted by molar-refractivity contribution is 6.30. The minimum atomic E-state index is -1.83. The highest BCUT2D eigenvalue weighted by atomic mass is 35.5. The van der Waals surface area contributed by atoms with Crippen molar-refractivity contribution >= 4 is 93.8 Å². The van der Waals surface area contributed by atoms with Crippen molar-refractivity contribution in [2.75, 3.05) is 26.2 Å². The molecule has 29 heteroatoms. The zero-order valence-corrected chi connectivity index (χ0v) is 54.5. The number of hydrogen-bond acceptors (Lipinski definition) is 15. The summed E-state index contributed by atoms with van der Waals surface area (Å²) in [7, 11) is 0. The number of primary amides is 1. The number of carbonyl (C=O) groups excluding carboxylic acids is 11. The maximum absolute atomic E-state index is 14.8. The van der Waals surface area contributed by atoms with Crippen LogP contribution >= 0.6 is 11.6 Å². The first-order valence-corrected chi connectivity index (χ1v) is 32.0. The number of nitrogens with one attached hydrogen (secondary N) is 9. The third-order valence-corrected chi connectivity index (χ3v) is 16.0. The molecular weight excluding hydrogens is 1260 g/mol. The van der Waals surface area contributed by atoms with Crippen molar-refractivity contribution in [3.05, 3.63) is 143 Å². The van der Waals surface area contributed by atoms with Gasteiger partial charge in [0, 0.05) is 69.7 Å². The number of rotatable bonds is 36. The summed E-state index contributed by atoms with van der Waals surface area (Å²) in [4.78, 5) is 162. The smallest absolute Gasteiger partial charge is 0.312 e. The number of benzene rings is 4. The number of carbonyl (C=O) groups is 11. The van der Waals surface area contributed by atoms with Gasteiger partial charge in [-0.05, 0) is 114 Å². The summed E-state index contributed by atoms with van der Waals surface area (Å²) >= 11 is 6.22. The number of phenolic OH excluding ortho intramolecular Hbond substituents is 1. The molecule has 2 heterocycles. The molecule has 9 atom stereocenters. The molecule has 0 spiro atoms. The molecule has 1 aromatic heterocycles. The molecule has 6 rings (SSSR count). The van der Waals surface area contributed by atoms with E-state index in [2.05, 4.69) is 57.8 Å². The normalized spacial score (nSPS) is 15.1. The average molecular weight is 1340 g/mol. The number of aliphatic hydroxyl groups excluding tert-OH is 1. The Kier molecular flexibility index (Phi) is 29.3. The Labute approximate surface area is 560 Å². The predicted molar refractivity (Wildman–Crippen MR) is 358 cm³/mol. The van der Waals surface area contributed by atoms with Crippen LogP contribution in [0.25, 0.3) is 10.8 Å². The number of nitrogens with two attached hydrogens (primary N) is 3. The van der Waals surface area contributed by atoms with E-state index in [4.69, 9.17) is 28.8 Å². The van der Waals surface area contributed by atoms with Gasteiger partial charge in [0.2, 0.25) is 53.2 Å². The first-order valence-electron chi connectivity index (χ1n) is 31.6. The number of aliphatic imine (C=N–C) groups is 1. The zero-order chi connectivity index (χ0) is 69.8. The first kappa shape index (κ1) is 74.8. The van der Waals surface area contributed by atoms with E-state index in [1.54, 1.807) is 50.2 Å². The number of hydrogen-bond donors (Lipinski definition) is 14. The molecule has 0 radical (unpaired) electrons. The van der Waals surface area contributed by atoms with E-state index < -0.39 is 120 Å². The number of aromatic nitrogens is 1. The van der Waals surface area contributed by atoms with E-state index in [0.29, 0.717) is 46.4 Å². The predicted octanol–water partition coefficient (Wildman–Crippen LogP) is 0.493. The van der Waals surface area contributed by atoms with Gasteiger partial charge in [-0.2, -0.15) is 0 Å². The number of fused-ring (bicyclic) bond motifs is 1. The van der Waals surface area contributed by atoms with Crippen molar-refractivity contribution in [3.8, 4) is 5.75 Å². The lowest BCUT2D eigenvalue weighted by Gasteiger charge is -2.30. The summed E-state index contributed by atoms with van der Waals surface area (Å²) in [6.07, 6.45) is 4.11. The molecule has 96 heavy (non-hydrogen) atoms. The fourth-order valence-corrected chi connectivity index (χ4v) is 11.0. The second kappa shape index (κ2) is 37.6. The number of phenols is 1. The van der Waals surface area contributed by atoms with Gasteiger partial charge in [0.1, 0.15) is 60.4 Å². The number of aldehydes is 1. The largest absolute Gasteiger partial charge is 0.508 e. The fourth-order valence-electron chi connectivity index (χ4n) is 10.9. The molecule has 0 unspecified atom stereocenters. The minimum absolute atomic E-state index is 0.0325. The Balaban J connectivity index is 1.25. The summed E-state index contributed by atoms with van der Waals surface area (Å²) in [5, 5.41) is 47.0. The second-order valence-corrected chi connectivity index (χ2v) is 24.3. The molecule has 1 aliphatic heterocycles. The highest BCUT2D eigenvalue weighted by Gasteiger charge is 2.38. The van der Waals surface area contributed by atoms with Crippen LogP contribution in [0.5, 0.6) is 5.75 Å². The van der Waals surface area contributed by atoms with E-state index in [0.717, 1.165) is 10.8 Å². The van der Waals surface area contributed by atoms with Crippen molar-refractivity contribution < 1.29 is 63.0 Å². The monoisotopic (exact) mass is 1340 g/mol. The number of pyridine rings is 1. The number of nitrogens with zero attached hydrogens (tertiary/aromatic N) is 3. The van der Waals surface area contributed by atoms with Crippen molar-refractivity contribution in [3.63, 3.8) is 0 Å². The van der Waals surface area contributed by atoms with Gasteiger partial charge < -0.3 is 85.0 Å². The van der Waals surface area contributed by atoms with Crippen LogP contribution in [0.2, 0.25) is 5.02 Å². The van der Waals surface area contributed by atoms with Crippen LogP contribution in [0.4, 0.5) is 4.79 Å². The number of aromatic hydroxyl groups is 1. The molecule has 5 aromatic rings. The summed E-state index contributed by atoms with van der Waals surface area (Å²) in [6, 6.07) is 15.3. The van der Waals surface area contributed by atoms with Crippen LogP contribution in [0.1, 0.15) is 88.0 Å². The van der Waals surface area contributed by atoms with Crippen LogP contribution in [0.15, 0.2) is 121 Å². The number of aliphatic hydroxyl groups is 1. The van der Waals surface area contributed by atoms with E-state index in [1.165, 1.54) is 48.5 Å². The Morgan fingerprint density at radius 1 is 0.604 bits per heavy atom. The lowest BCUT2D eigenvalue weighted by atomic mass is 9.99. The molecule has 0 aliphatic carbocycles. The Bertz CT molecular complexity index is 3520. The van der Waals surface area contributed by atoms with Gasteiger partial charge in [0.25, 0.3) is 0 Å². The van der Waals surface area contributed by atoms with Gasteiger partial charge in [-0.1, -0.05) is 98.2 Å². The third-order valence-electron chi connectivity index (χ3n) is 15.8. The summed E-state index contributed by atoms with van der Waals surface area (Å²) in [6.45, 7) is 4.09. The SMILES string of the molecule is CC(=O)N[C@H](Cc1ccc2ccccc2c1)C(=O)N[C@H](Cc1ccc(Cl)cc1)C(=O)N[C@H](Cc1cccnc1)C(=O)N[C@@H](CO)C(=O)N[C@@H](Cc1ccc(O)cc1)C(=O)N[C@H](CCCNC(N)=O)C(=O)N[C@@H](CC(C)C)C(=O)N[C@@H](CCCN=C(N)N)C(=O)N1CCC[C@H]1C=O. The molecular formula is C67H86ClN15O13. The lowest BCUT2D eigenvalue weighted by Crippen LogP contribution is -2.61. The van der Waals surface area contributed by atoms with Gasteiger partial charge in [0.15, 0.2) is 5.96 Å². The Hall–Kier alpha value is -10.2. The average Bonchev–Trinajstić information content (AvgIpc) is 1.39. The number of halogens is 1. The van der Waals surface area contributed by atoms with Gasteiger partial charge >= 0.3 is 6.03 Å². The maximum Gasteiger partial charge on any atom is 0.312 e. The van der Waals surface area contributed by atoms with Crippen LogP contribution < -0.4 is 65.1 Å². The quantitative estimate of drug-likeness (QED) is 0.0112. The van der Waals surface area contributed by atoms with Crippen molar-refractivity contribution in [1.82, 2.24) is 57.7 Å². The van der Waals surface area contributed by atoms with Crippen LogP contribution in [-0.4, -0.2) is 172 Å². The summed E-state index contributed by atoms with van der Waals surface area (Å²) in [5.41, 5.74) is 18.4. The second-order valence-electron chi connectivity index (χ2n) is 23.9. The standard InChI is InChI=1S/C67H86ClN15O13/c1-39(2)30-52(59(89)77-51(15-8-27-73-66(69)70)65(95)83-29-9-13-48(83)37-84)78-58(88)50(14-7-28-74-67(71)96)76-61(91)54(33-42-19-24-49(87)25-20-42)81-64(94)57(38-85)82-63(93)56(35-44-10-6-26-72-36-44)80-62(92)55(32-41-17-22-47(68)23-18-41)79-60(90)53(75-40(3)86)34-43-16-21-45-11-4-5-12-46(45)31-43/h4-6,10-12,16-26,31,36-37,39,48,50-57,85,87H,7-9,13-15,27-30,32-35,38H2,1-3H3,(H,75,86)(H,76,91)(H,77,89)(H,78,88)(H,79,90)(H,80,92)(H,81,94)(H,82,93)(H4,69,70,73)(H3,71,74,96)/t48-,50+,51-,52-,53+,54-,55+,56+,57-/m0/s1. The third kappa shape index (κ3) is 24.3. The molecule has 28 nitrogen and oxygen atoms in total. The molecule has 17 N–H and O–H groups in total. The minimum Gasteiger partial charge on any atom is -0.508 e. The number of guanidine groups is 1. The summed E-state index contributed by atoms with van der Waals surface area (Å²) < 4.78 is 0. The van der Waals surface area contributed by atoms with Crippen molar-refractivity contribution in [2.45, 2.75) is 146 Å². The molecule has 1 aliphatic rings. The number of urea groups is 1. The molecule has 11 amide bonds. The van der Waals surface area contributed by atoms with Gasteiger partial charge in [-0.3, -0.25) is 53.1 Å². The maximum atomic E-state index is 14.8. The van der Waals surface area contributed by atoms with Crippen molar-refractivity contribution in [1.29, 1.82) is 0 Å². The molecule has 1 fully saturated rings. The number of likely N-dealkylation sites (tertiary alicyclic amines) is 1. The van der Waals surface area contributed by atoms with E-state index >= 15 is 0 Å². The molecule has 0 saturated carbocycles. The Morgan fingerprint density at radius 2 is 1.10 bits per heavy atom. The van der Waals surface area contributed by atoms with Gasteiger partial charge in [-0.15, -0.1) is 0 Å². The zero-order valence-electron chi connectivity index (χ0n) is 53.8. The summed E-state index contributed by atoms with van der Waals surface area (Å²) in [5.74, 6) is -7.94. The first-order chi connectivity index (χ1) is 45.9. The van der Waals surface area contributed by atoms with Crippen LogP contribution in [0.3, 0.4) is 0 Å². The fraction of sp³-hybridized carbons (Fsp3) is 0.418. The molecule has 4 aromatic carbocycles. The van der Waals surface area contributed by atoms with E-state index in [1.807, 2.05) is 42.5 Å². The topological polar surface area (TPSA) is 443 Å². The molecule has 514 valence electrons. The van der Waals surface area contributed by atoms with Gasteiger partial charge in [0.05, 0.1) is 12.6 Å². The van der Waals surface area contributed by atoms with E-state index in [9.17, 15) is 63.0 Å². The van der Waals surface area contributed by atoms with E-state index in [-0.39, 0.29) is 95.0 Å². The van der Waals surface area contributed by atoms with Crippen molar-refractivity contribution in [2.24, 2.45) is 28.1 Å². The van der Waals surface area contributed by atoms with Crippen LogP contribution in [0, 0.1) is 5.92 Å². The Morgan fingerprint density at radius 3 is 1.67 bits per heavy atom. The molecule has 0 bridgehead atoms. The van der Waals surface area contributed by atoms with Gasteiger partial charge in [-0.25, -0.2) is 4.79 Å². The number of amides is 11. The highest BCUT2D eigenvalue weighted by Crippen LogP contribution is 2.21. The lowest BCUT2D eigenvalue weighted by molar-refractivity contribution is -0.140. The van der Waals surface area contributed by atoms with Crippen LogP contribution in [-0.2, 0) is 73.6 Å².